The Kier molecular flexibility index (Phi) is 6.43. The van der Waals surface area contributed by atoms with Gasteiger partial charge >= 0.3 is 11.9 Å². The average molecular weight is 266 g/mol. The molecule has 0 unspecified atom stereocenters. The van der Waals surface area contributed by atoms with E-state index in [9.17, 15) is 9.59 Å². The zero-order chi connectivity index (χ0) is 14.1. The highest BCUT2D eigenvalue weighted by atomic mass is 16.5. The summed E-state index contributed by atoms with van der Waals surface area (Å²) in [4.78, 5) is 21.2. The van der Waals surface area contributed by atoms with Crippen molar-refractivity contribution in [2.45, 2.75) is 32.1 Å². The largest absolute Gasteiger partial charge is 0.493 e. The van der Waals surface area contributed by atoms with Crippen LogP contribution < -0.4 is 4.74 Å². The lowest BCUT2D eigenvalue weighted by Crippen LogP contribution is -2.04. The Bertz CT molecular complexity index is 428. The summed E-state index contributed by atoms with van der Waals surface area (Å²) in [6, 6.07) is 6.52. The predicted molar refractivity (Wildman–Crippen MR) is 69.6 cm³/mol. The third kappa shape index (κ3) is 5.90. The Morgan fingerprint density at radius 2 is 1.68 bits per heavy atom. The second-order valence-electron chi connectivity index (χ2n) is 4.21. The number of carboxylic acids is 2. The molecular formula is C14H18O5. The normalized spacial score (nSPS) is 10.1. The van der Waals surface area contributed by atoms with Crippen molar-refractivity contribution in [1.82, 2.24) is 0 Å². The number of ether oxygens (including phenoxy) is 1. The SMILES string of the molecule is O=C(O)CCCCCCOc1ccccc1C(=O)O. The summed E-state index contributed by atoms with van der Waals surface area (Å²) < 4.78 is 5.43. The van der Waals surface area contributed by atoms with E-state index in [0.717, 1.165) is 19.3 Å². The van der Waals surface area contributed by atoms with Crippen molar-refractivity contribution in [3.05, 3.63) is 29.8 Å². The third-order valence-electron chi connectivity index (χ3n) is 2.66. The summed E-state index contributed by atoms with van der Waals surface area (Å²) in [6.45, 7) is 0.442. The number of carboxylic acid groups (broad SMARTS) is 2. The molecule has 0 bridgehead atoms. The molecular weight excluding hydrogens is 248 g/mol. The first kappa shape index (κ1) is 15.0. The lowest BCUT2D eigenvalue weighted by atomic mass is 10.1. The van der Waals surface area contributed by atoms with E-state index >= 15 is 0 Å². The van der Waals surface area contributed by atoms with Crippen LogP contribution in [0, 0.1) is 0 Å². The topological polar surface area (TPSA) is 83.8 Å². The molecule has 0 aliphatic heterocycles. The number of rotatable bonds is 9. The summed E-state index contributed by atoms with van der Waals surface area (Å²) in [7, 11) is 0. The summed E-state index contributed by atoms with van der Waals surface area (Å²) in [5.74, 6) is -1.40. The van der Waals surface area contributed by atoms with Gasteiger partial charge in [0.25, 0.3) is 0 Å². The molecule has 1 rings (SSSR count). The van der Waals surface area contributed by atoms with E-state index in [1.54, 1.807) is 18.2 Å². The van der Waals surface area contributed by atoms with E-state index in [-0.39, 0.29) is 12.0 Å². The minimum atomic E-state index is -1.00. The molecule has 0 radical (unpaired) electrons. The number of carbonyl (C=O) groups is 2. The van der Waals surface area contributed by atoms with Gasteiger partial charge in [-0.3, -0.25) is 4.79 Å². The van der Waals surface area contributed by atoms with Crippen LogP contribution in [0.1, 0.15) is 42.5 Å². The summed E-state index contributed by atoms with van der Waals surface area (Å²) in [6.07, 6.45) is 3.37. The fourth-order valence-electron chi connectivity index (χ4n) is 1.68. The molecule has 0 saturated carbocycles. The Labute approximate surface area is 111 Å². The van der Waals surface area contributed by atoms with Gasteiger partial charge in [0.15, 0.2) is 0 Å². The van der Waals surface area contributed by atoms with Gasteiger partial charge in [0.1, 0.15) is 11.3 Å². The molecule has 0 spiro atoms. The van der Waals surface area contributed by atoms with Gasteiger partial charge in [0.2, 0.25) is 0 Å². The molecule has 2 N–H and O–H groups in total. The molecule has 0 amide bonds. The van der Waals surface area contributed by atoms with Crippen LogP contribution in [0.3, 0.4) is 0 Å². The fourth-order valence-corrected chi connectivity index (χ4v) is 1.68. The molecule has 5 nitrogen and oxygen atoms in total. The van der Waals surface area contributed by atoms with Crippen LogP contribution in [0.15, 0.2) is 24.3 Å². The van der Waals surface area contributed by atoms with Crippen LogP contribution >= 0.6 is 0 Å². The van der Waals surface area contributed by atoms with Gasteiger partial charge in [-0.2, -0.15) is 0 Å². The fraction of sp³-hybridized carbons (Fsp3) is 0.429. The van der Waals surface area contributed by atoms with Gasteiger partial charge in [-0.15, -0.1) is 0 Å². The number of para-hydroxylation sites is 1. The monoisotopic (exact) mass is 266 g/mol. The molecule has 0 saturated heterocycles. The summed E-state index contributed by atoms with van der Waals surface area (Å²) in [5.41, 5.74) is 0.161. The van der Waals surface area contributed by atoms with E-state index in [0.29, 0.717) is 18.8 Å². The lowest BCUT2D eigenvalue weighted by Gasteiger charge is -2.08. The van der Waals surface area contributed by atoms with Crippen molar-refractivity contribution in [2.24, 2.45) is 0 Å². The van der Waals surface area contributed by atoms with Gasteiger partial charge in [-0.1, -0.05) is 25.0 Å². The molecule has 0 atom stereocenters. The first-order chi connectivity index (χ1) is 9.11. The van der Waals surface area contributed by atoms with Crippen molar-refractivity contribution in [1.29, 1.82) is 0 Å². The van der Waals surface area contributed by atoms with Crippen molar-refractivity contribution in [3.63, 3.8) is 0 Å². The molecule has 19 heavy (non-hydrogen) atoms. The number of unbranched alkanes of at least 4 members (excludes halogenated alkanes) is 3. The molecule has 1 aromatic carbocycles. The Hall–Kier alpha value is -2.04. The Balaban J connectivity index is 2.23. The van der Waals surface area contributed by atoms with Crippen LogP contribution in [-0.2, 0) is 4.79 Å². The van der Waals surface area contributed by atoms with Crippen LogP contribution in [0.4, 0.5) is 0 Å². The molecule has 0 aliphatic carbocycles. The van der Waals surface area contributed by atoms with Crippen LogP contribution in [-0.4, -0.2) is 28.8 Å². The lowest BCUT2D eigenvalue weighted by molar-refractivity contribution is -0.137. The molecule has 0 heterocycles. The van der Waals surface area contributed by atoms with E-state index in [4.69, 9.17) is 14.9 Å². The van der Waals surface area contributed by atoms with Gasteiger partial charge in [-0.05, 0) is 25.0 Å². The number of aliphatic carboxylic acids is 1. The minimum Gasteiger partial charge on any atom is -0.493 e. The highest BCUT2D eigenvalue weighted by Gasteiger charge is 2.09. The van der Waals surface area contributed by atoms with Gasteiger partial charge in [0.05, 0.1) is 6.61 Å². The molecule has 0 aromatic heterocycles. The second-order valence-corrected chi connectivity index (χ2v) is 4.21. The zero-order valence-electron chi connectivity index (χ0n) is 10.7. The maximum absolute atomic E-state index is 10.9. The average Bonchev–Trinajstić information content (AvgIpc) is 2.37. The first-order valence-electron chi connectivity index (χ1n) is 6.28. The highest BCUT2D eigenvalue weighted by Crippen LogP contribution is 2.18. The van der Waals surface area contributed by atoms with E-state index < -0.39 is 11.9 Å². The molecule has 104 valence electrons. The quantitative estimate of drug-likeness (QED) is 0.671. The second kappa shape index (κ2) is 8.13. The Morgan fingerprint density at radius 3 is 2.37 bits per heavy atom. The number of benzene rings is 1. The van der Waals surface area contributed by atoms with Crippen LogP contribution in [0.25, 0.3) is 0 Å². The molecule has 0 fully saturated rings. The van der Waals surface area contributed by atoms with Crippen molar-refractivity contribution >= 4 is 11.9 Å². The highest BCUT2D eigenvalue weighted by molar-refractivity contribution is 5.90. The smallest absolute Gasteiger partial charge is 0.339 e. The van der Waals surface area contributed by atoms with Crippen molar-refractivity contribution < 1.29 is 24.5 Å². The van der Waals surface area contributed by atoms with E-state index in [2.05, 4.69) is 0 Å². The van der Waals surface area contributed by atoms with Gasteiger partial charge in [0, 0.05) is 6.42 Å². The van der Waals surface area contributed by atoms with Crippen LogP contribution in [0.2, 0.25) is 0 Å². The number of hydrogen-bond donors (Lipinski definition) is 2. The first-order valence-corrected chi connectivity index (χ1v) is 6.28. The van der Waals surface area contributed by atoms with Gasteiger partial charge in [-0.25, -0.2) is 4.79 Å². The molecule has 5 heteroatoms. The van der Waals surface area contributed by atoms with Gasteiger partial charge < -0.3 is 14.9 Å². The van der Waals surface area contributed by atoms with Crippen molar-refractivity contribution in [3.8, 4) is 5.75 Å². The molecule has 0 aliphatic rings. The van der Waals surface area contributed by atoms with Crippen LogP contribution in [0.5, 0.6) is 5.75 Å². The summed E-state index contributed by atoms with van der Waals surface area (Å²) >= 11 is 0. The third-order valence-corrected chi connectivity index (χ3v) is 2.66. The Morgan fingerprint density at radius 1 is 1.00 bits per heavy atom. The van der Waals surface area contributed by atoms with E-state index in [1.807, 2.05) is 0 Å². The zero-order valence-corrected chi connectivity index (χ0v) is 10.7. The molecule has 1 aromatic rings. The minimum absolute atomic E-state index is 0.161. The van der Waals surface area contributed by atoms with E-state index in [1.165, 1.54) is 6.07 Å². The summed E-state index contributed by atoms with van der Waals surface area (Å²) in [5, 5.41) is 17.4. The number of aromatic carboxylic acids is 1. The maximum Gasteiger partial charge on any atom is 0.339 e. The number of hydrogen-bond acceptors (Lipinski definition) is 3. The standard InChI is InChI=1S/C14H18O5/c15-13(16)9-3-1-2-6-10-19-12-8-5-4-7-11(12)14(17)18/h4-5,7-8H,1-3,6,9-10H2,(H,15,16)(H,17,18). The maximum atomic E-state index is 10.9. The predicted octanol–water partition coefficient (Wildman–Crippen LogP) is 2.80. The van der Waals surface area contributed by atoms with Crippen molar-refractivity contribution in [2.75, 3.05) is 6.61 Å².